The monoisotopic (exact) mass is 316 g/mol. The highest BCUT2D eigenvalue weighted by atomic mass is 16.5. The van der Waals surface area contributed by atoms with E-state index in [9.17, 15) is 9.59 Å². The molecule has 1 atom stereocenters. The van der Waals surface area contributed by atoms with E-state index in [1.54, 1.807) is 24.3 Å². The first-order valence-electron chi connectivity index (χ1n) is 7.65. The zero-order chi connectivity index (χ0) is 16.6. The zero-order valence-electron chi connectivity index (χ0n) is 13.2. The number of anilines is 1. The molecule has 0 aliphatic carbocycles. The van der Waals surface area contributed by atoms with Gasteiger partial charge in [-0.25, -0.2) is 4.79 Å². The first kappa shape index (κ1) is 15.6. The third-order valence-corrected chi connectivity index (χ3v) is 4.19. The predicted octanol–water partition coefficient (Wildman–Crippen LogP) is 3.01. The van der Waals surface area contributed by atoms with Gasteiger partial charge in [-0.1, -0.05) is 0 Å². The number of amides is 1. The molecule has 2 aromatic rings. The van der Waals surface area contributed by atoms with Crippen molar-refractivity contribution in [1.29, 1.82) is 0 Å². The van der Waals surface area contributed by atoms with Crippen LogP contribution in [-0.4, -0.2) is 34.2 Å². The summed E-state index contributed by atoms with van der Waals surface area (Å²) in [6, 6.07) is 6.88. The van der Waals surface area contributed by atoms with Crippen LogP contribution in [0.4, 0.5) is 5.69 Å². The molecular formula is C17H20N2O4. The number of aromatic amines is 1. The highest BCUT2D eigenvalue weighted by Crippen LogP contribution is 2.29. The van der Waals surface area contributed by atoms with Crippen LogP contribution in [0.5, 0.6) is 0 Å². The van der Waals surface area contributed by atoms with Crippen LogP contribution < -0.4 is 5.32 Å². The van der Waals surface area contributed by atoms with Crippen LogP contribution in [0.3, 0.4) is 0 Å². The average molecular weight is 316 g/mol. The van der Waals surface area contributed by atoms with Crippen molar-refractivity contribution in [2.45, 2.75) is 32.3 Å². The van der Waals surface area contributed by atoms with Gasteiger partial charge in [0.15, 0.2) is 0 Å². The lowest BCUT2D eigenvalue weighted by Gasteiger charge is -2.34. The molecule has 3 N–H and O–H groups in total. The van der Waals surface area contributed by atoms with Gasteiger partial charge in [0.25, 0.3) is 0 Å². The van der Waals surface area contributed by atoms with E-state index in [4.69, 9.17) is 9.84 Å². The highest BCUT2D eigenvalue weighted by molar-refractivity contribution is 5.98. The minimum absolute atomic E-state index is 0.0188. The van der Waals surface area contributed by atoms with E-state index in [1.165, 1.54) is 0 Å². The lowest BCUT2D eigenvalue weighted by Crippen LogP contribution is -2.39. The standard InChI is InChI=1S/C17H20N2O4/c1-17(2)9-10(5-6-23-17)15(20)18-12-3-4-13-11(7-12)8-14(19-13)16(21)22/h3-4,7-8,10,19H,5-6,9H2,1-2H3,(H,18,20)(H,21,22). The van der Waals surface area contributed by atoms with Crippen molar-refractivity contribution in [2.75, 3.05) is 11.9 Å². The lowest BCUT2D eigenvalue weighted by atomic mass is 9.88. The molecule has 23 heavy (non-hydrogen) atoms. The van der Waals surface area contributed by atoms with Gasteiger partial charge in [-0.15, -0.1) is 0 Å². The summed E-state index contributed by atoms with van der Waals surface area (Å²) in [6.07, 6.45) is 1.40. The van der Waals surface area contributed by atoms with Crippen molar-refractivity contribution in [2.24, 2.45) is 5.92 Å². The first-order valence-corrected chi connectivity index (χ1v) is 7.65. The number of rotatable bonds is 3. The predicted molar refractivity (Wildman–Crippen MR) is 86.6 cm³/mol. The average Bonchev–Trinajstić information content (AvgIpc) is 2.89. The molecule has 1 aliphatic heterocycles. The van der Waals surface area contributed by atoms with Crippen molar-refractivity contribution in [1.82, 2.24) is 4.98 Å². The third kappa shape index (κ3) is 3.37. The van der Waals surface area contributed by atoms with Gasteiger partial charge in [-0.3, -0.25) is 4.79 Å². The summed E-state index contributed by atoms with van der Waals surface area (Å²) in [5, 5.41) is 12.7. The molecule has 6 nitrogen and oxygen atoms in total. The molecule has 0 spiro atoms. The summed E-state index contributed by atoms with van der Waals surface area (Å²) in [7, 11) is 0. The highest BCUT2D eigenvalue weighted by Gasteiger charge is 2.32. The van der Waals surface area contributed by atoms with Crippen molar-refractivity contribution in [3.63, 3.8) is 0 Å². The summed E-state index contributed by atoms with van der Waals surface area (Å²) in [6.45, 7) is 4.57. The van der Waals surface area contributed by atoms with Gasteiger partial charge in [-0.2, -0.15) is 0 Å². The third-order valence-electron chi connectivity index (χ3n) is 4.19. The quantitative estimate of drug-likeness (QED) is 0.811. The van der Waals surface area contributed by atoms with Crippen LogP contribution >= 0.6 is 0 Å². The van der Waals surface area contributed by atoms with E-state index in [2.05, 4.69) is 10.3 Å². The minimum atomic E-state index is -1.00. The second kappa shape index (κ2) is 5.70. The molecule has 0 radical (unpaired) electrons. The smallest absolute Gasteiger partial charge is 0.352 e. The summed E-state index contributed by atoms with van der Waals surface area (Å²) in [5.41, 5.74) is 1.26. The fourth-order valence-electron chi connectivity index (χ4n) is 3.03. The maximum atomic E-state index is 12.4. The number of hydrogen-bond acceptors (Lipinski definition) is 3. The lowest BCUT2D eigenvalue weighted by molar-refractivity contribution is -0.130. The molecule has 1 saturated heterocycles. The molecular weight excluding hydrogens is 296 g/mol. The number of H-pyrrole nitrogens is 1. The van der Waals surface area contributed by atoms with Gasteiger partial charge in [0.2, 0.25) is 5.91 Å². The number of hydrogen-bond donors (Lipinski definition) is 3. The Bertz CT molecular complexity index is 763. The Morgan fingerprint density at radius 3 is 2.83 bits per heavy atom. The van der Waals surface area contributed by atoms with Crippen molar-refractivity contribution in [3.8, 4) is 0 Å². The number of carbonyl (C=O) groups is 2. The van der Waals surface area contributed by atoms with E-state index in [1.807, 2.05) is 13.8 Å². The minimum Gasteiger partial charge on any atom is -0.477 e. The van der Waals surface area contributed by atoms with Gasteiger partial charge < -0.3 is 20.1 Å². The number of fused-ring (bicyclic) bond motifs is 1. The van der Waals surface area contributed by atoms with Crippen LogP contribution in [0, 0.1) is 5.92 Å². The zero-order valence-corrected chi connectivity index (χ0v) is 13.2. The maximum Gasteiger partial charge on any atom is 0.352 e. The maximum absolute atomic E-state index is 12.4. The fourth-order valence-corrected chi connectivity index (χ4v) is 3.03. The summed E-state index contributed by atoms with van der Waals surface area (Å²) < 4.78 is 5.64. The molecule has 1 aromatic heterocycles. The SMILES string of the molecule is CC1(C)CC(C(=O)Nc2ccc3[nH]c(C(=O)O)cc3c2)CCO1. The molecule has 1 aliphatic rings. The Hall–Kier alpha value is -2.34. The first-order chi connectivity index (χ1) is 10.8. The number of aromatic carboxylic acids is 1. The second-order valence-corrected chi connectivity index (χ2v) is 6.58. The topological polar surface area (TPSA) is 91.4 Å². The van der Waals surface area contributed by atoms with Crippen LogP contribution in [0.2, 0.25) is 0 Å². The molecule has 2 heterocycles. The Morgan fingerprint density at radius 1 is 1.35 bits per heavy atom. The summed E-state index contributed by atoms with van der Waals surface area (Å²) in [4.78, 5) is 26.2. The van der Waals surface area contributed by atoms with Gasteiger partial charge in [0.05, 0.1) is 5.60 Å². The van der Waals surface area contributed by atoms with Gasteiger partial charge in [0.1, 0.15) is 5.69 Å². The summed E-state index contributed by atoms with van der Waals surface area (Å²) >= 11 is 0. The molecule has 0 bridgehead atoms. The fraction of sp³-hybridized carbons (Fsp3) is 0.412. The molecule has 1 unspecified atom stereocenters. The Morgan fingerprint density at radius 2 is 2.13 bits per heavy atom. The van der Waals surface area contributed by atoms with Crippen LogP contribution in [-0.2, 0) is 9.53 Å². The van der Waals surface area contributed by atoms with Gasteiger partial charge in [0, 0.05) is 29.1 Å². The number of nitrogens with one attached hydrogen (secondary N) is 2. The van der Waals surface area contributed by atoms with E-state index in [0.717, 1.165) is 10.9 Å². The summed E-state index contributed by atoms with van der Waals surface area (Å²) in [5.74, 6) is -1.10. The van der Waals surface area contributed by atoms with Gasteiger partial charge in [-0.05, 0) is 51.0 Å². The number of ether oxygens (including phenoxy) is 1. The molecule has 0 saturated carbocycles. The number of aromatic nitrogens is 1. The van der Waals surface area contributed by atoms with E-state index >= 15 is 0 Å². The van der Waals surface area contributed by atoms with Crippen LogP contribution in [0.15, 0.2) is 24.3 Å². The molecule has 122 valence electrons. The van der Waals surface area contributed by atoms with E-state index < -0.39 is 5.97 Å². The molecule has 1 fully saturated rings. The van der Waals surface area contributed by atoms with Crippen molar-refractivity contribution >= 4 is 28.5 Å². The second-order valence-electron chi connectivity index (χ2n) is 6.58. The number of carboxylic acid groups (broad SMARTS) is 1. The number of benzene rings is 1. The largest absolute Gasteiger partial charge is 0.477 e. The Kier molecular flexibility index (Phi) is 3.85. The Labute approximate surface area is 133 Å². The van der Waals surface area contributed by atoms with Crippen LogP contribution in [0.1, 0.15) is 37.2 Å². The molecule has 1 amide bonds. The number of carboxylic acids is 1. The molecule has 3 rings (SSSR count). The van der Waals surface area contributed by atoms with E-state index in [0.29, 0.717) is 25.1 Å². The normalized spacial score (nSPS) is 20.3. The molecule has 6 heteroatoms. The van der Waals surface area contributed by atoms with Crippen molar-refractivity contribution in [3.05, 3.63) is 30.0 Å². The van der Waals surface area contributed by atoms with Gasteiger partial charge >= 0.3 is 5.97 Å². The molecule has 1 aromatic carbocycles. The Balaban J connectivity index is 1.75. The van der Waals surface area contributed by atoms with Crippen LogP contribution in [0.25, 0.3) is 10.9 Å². The van der Waals surface area contributed by atoms with Crippen molar-refractivity contribution < 1.29 is 19.4 Å². The number of carbonyl (C=O) groups excluding carboxylic acids is 1. The van der Waals surface area contributed by atoms with E-state index in [-0.39, 0.29) is 23.1 Å².